The molecule has 1 unspecified atom stereocenters. The Balaban J connectivity index is 2.01. The Morgan fingerprint density at radius 2 is 1.94 bits per heavy atom. The van der Waals surface area contributed by atoms with E-state index in [1.54, 1.807) is 0 Å². The molecule has 0 amide bonds. The smallest absolute Gasteiger partial charge is 0.0705 e. The van der Waals surface area contributed by atoms with Gasteiger partial charge in [0.05, 0.1) is 5.69 Å². The average molecular weight is 238 g/mol. The molecular formula is C16H18N2. The predicted octanol–water partition coefficient (Wildman–Crippen LogP) is 3.35. The summed E-state index contributed by atoms with van der Waals surface area (Å²) in [5.41, 5.74) is 4.93. The molecule has 0 aliphatic heterocycles. The van der Waals surface area contributed by atoms with Crippen LogP contribution in [0.5, 0.6) is 0 Å². The first kappa shape index (κ1) is 11.4. The Morgan fingerprint density at radius 1 is 1.11 bits per heavy atom. The molecule has 1 aromatic heterocycles. The van der Waals surface area contributed by atoms with E-state index in [-0.39, 0.29) is 0 Å². The molecule has 0 saturated heterocycles. The molecular weight excluding hydrogens is 220 g/mol. The molecule has 0 spiro atoms. The highest BCUT2D eigenvalue weighted by Gasteiger charge is 2.19. The SMILES string of the molecule is CNC1CCCc2nc(-c3ccccc3)ccc21. The van der Waals surface area contributed by atoms with E-state index in [0.717, 1.165) is 12.1 Å². The normalized spacial score (nSPS) is 18.4. The Hall–Kier alpha value is -1.67. The van der Waals surface area contributed by atoms with Crippen molar-refractivity contribution in [2.75, 3.05) is 7.05 Å². The zero-order chi connectivity index (χ0) is 12.4. The highest BCUT2D eigenvalue weighted by molar-refractivity contribution is 5.59. The lowest BCUT2D eigenvalue weighted by atomic mass is 9.91. The fourth-order valence-electron chi connectivity index (χ4n) is 2.73. The number of benzene rings is 1. The maximum Gasteiger partial charge on any atom is 0.0705 e. The van der Waals surface area contributed by atoms with Gasteiger partial charge >= 0.3 is 0 Å². The van der Waals surface area contributed by atoms with Gasteiger partial charge < -0.3 is 5.32 Å². The van der Waals surface area contributed by atoms with Gasteiger partial charge in [0.15, 0.2) is 0 Å². The fraction of sp³-hybridized carbons (Fsp3) is 0.312. The second kappa shape index (κ2) is 4.91. The first-order valence-electron chi connectivity index (χ1n) is 6.61. The highest BCUT2D eigenvalue weighted by Crippen LogP contribution is 2.30. The summed E-state index contributed by atoms with van der Waals surface area (Å²) in [6.07, 6.45) is 3.55. The Kier molecular flexibility index (Phi) is 3.11. The van der Waals surface area contributed by atoms with Crippen LogP contribution < -0.4 is 5.32 Å². The van der Waals surface area contributed by atoms with Gasteiger partial charge in [-0.1, -0.05) is 36.4 Å². The molecule has 0 saturated carbocycles. The Morgan fingerprint density at radius 3 is 2.72 bits per heavy atom. The fourth-order valence-corrected chi connectivity index (χ4v) is 2.73. The maximum atomic E-state index is 4.84. The molecule has 3 rings (SSSR count). The number of rotatable bonds is 2. The number of hydrogen-bond donors (Lipinski definition) is 1. The molecule has 2 nitrogen and oxygen atoms in total. The van der Waals surface area contributed by atoms with Crippen molar-refractivity contribution in [1.29, 1.82) is 0 Å². The molecule has 0 fully saturated rings. The Bertz CT molecular complexity index is 534. The molecule has 1 aliphatic rings. The molecule has 92 valence electrons. The van der Waals surface area contributed by atoms with Crippen molar-refractivity contribution in [2.24, 2.45) is 0 Å². The zero-order valence-electron chi connectivity index (χ0n) is 10.7. The number of pyridine rings is 1. The van der Waals surface area contributed by atoms with Gasteiger partial charge in [0.1, 0.15) is 0 Å². The number of nitrogens with zero attached hydrogens (tertiary/aromatic N) is 1. The van der Waals surface area contributed by atoms with Crippen LogP contribution in [-0.4, -0.2) is 12.0 Å². The van der Waals surface area contributed by atoms with E-state index >= 15 is 0 Å². The van der Waals surface area contributed by atoms with Gasteiger partial charge in [0, 0.05) is 17.3 Å². The lowest BCUT2D eigenvalue weighted by molar-refractivity contribution is 0.490. The second-order valence-electron chi connectivity index (χ2n) is 4.83. The van der Waals surface area contributed by atoms with Gasteiger partial charge in [-0.2, -0.15) is 0 Å². The largest absolute Gasteiger partial charge is 0.313 e. The summed E-state index contributed by atoms with van der Waals surface area (Å²) in [4.78, 5) is 4.84. The van der Waals surface area contributed by atoms with E-state index in [1.807, 2.05) is 13.1 Å². The number of fused-ring (bicyclic) bond motifs is 1. The first-order valence-corrected chi connectivity index (χ1v) is 6.61. The second-order valence-corrected chi connectivity index (χ2v) is 4.83. The van der Waals surface area contributed by atoms with Crippen LogP contribution in [0.3, 0.4) is 0 Å². The lowest BCUT2D eigenvalue weighted by Gasteiger charge is -2.24. The van der Waals surface area contributed by atoms with Crippen molar-refractivity contribution in [2.45, 2.75) is 25.3 Å². The molecule has 18 heavy (non-hydrogen) atoms. The summed E-state index contributed by atoms with van der Waals surface area (Å²) in [6, 6.07) is 15.3. The summed E-state index contributed by atoms with van der Waals surface area (Å²) in [5, 5.41) is 3.38. The average Bonchev–Trinajstić information content (AvgIpc) is 2.47. The van der Waals surface area contributed by atoms with Gasteiger partial charge in [-0.15, -0.1) is 0 Å². The third kappa shape index (κ3) is 2.04. The highest BCUT2D eigenvalue weighted by atomic mass is 14.9. The van der Waals surface area contributed by atoms with Crippen molar-refractivity contribution in [3.63, 3.8) is 0 Å². The van der Waals surface area contributed by atoms with Crippen LogP contribution in [-0.2, 0) is 6.42 Å². The molecule has 2 aromatic rings. The van der Waals surface area contributed by atoms with Crippen molar-refractivity contribution >= 4 is 0 Å². The maximum absolute atomic E-state index is 4.84. The van der Waals surface area contributed by atoms with Gasteiger partial charge in [-0.25, -0.2) is 0 Å². The van der Waals surface area contributed by atoms with Gasteiger partial charge in [-0.05, 0) is 37.9 Å². The van der Waals surface area contributed by atoms with Crippen LogP contribution in [0.15, 0.2) is 42.5 Å². The van der Waals surface area contributed by atoms with Crippen LogP contribution in [0.2, 0.25) is 0 Å². The number of aryl methyl sites for hydroxylation is 1. The van der Waals surface area contributed by atoms with E-state index in [2.05, 4.69) is 41.7 Å². The van der Waals surface area contributed by atoms with Gasteiger partial charge in [-0.3, -0.25) is 4.98 Å². The summed E-state index contributed by atoms with van der Waals surface area (Å²) < 4.78 is 0. The zero-order valence-corrected chi connectivity index (χ0v) is 10.7. The summed E-state index contributed by atoms with van der Waals surface area (Å²) in [5.74, 6) is 0. The van der Waals surface area contributed by atoms with Crippen LogP contribution in [0.25, 0.3) is 11.3 Å². The minimum atomic E-state index is 0.478. The molecule has 1 aromatic carbocycles. The predicted molar refractivity (Wildman–Crippen MR) is 74.4 cm³/mol. The number of hydrogen-bond acceptors (Lipinski definition) is 2. The first-order chi connectivity index (χ1) is 8.88. The van der Waals surface area contributed by atoms with E-state index in [1.165, 1.54) is 29.7 Å². The molecule has 1 N–H and O–H groups in total. The van der Waals surface area contributed by atoms with Crippen molar-refractivity contribution in [3.8, 4) is 11.3 Å². The Labute approximate surface area is 108 Å². The molecule has 0 radical (unpaired) electrons. The number of aromatic nitrogens is 1. The number of nitrogens with one attached hydrogen (secondary N) is 1. The monoisotopic (exact) mass is 238 g/mol. The summed E-state index contributed by atoms with van der Waals surface area (Å²) in [7, 11) is 2.03. The lowest BCUT2D eigenvalue weighted by Crippen LogP contribution is -2.22. The topological polar surface area (TPSA) is 24.9 Å². The van der Waals surface area contributed by atoms with E-state index in [9.17, 15) is 0 Å². The summed E-state index contributed by atoms with van der Waals surface area (Å²) in [6.45, 7) is 0. The molecule has 0 bridgehead atoms. The van der Waals surface area contributed by atoms with E-state index in [4.69, 9.17) is 4.98 Å². The van der Waals surface area contributed by atoms with Crippen molar-refractivity contribution < 1.29 is 0 Å². The van der Waals surface area contributed by atoms with E-state index in [0.29, 0.717) is 6.04 Å². The van der Waals surface area contributed by atoms with Crippen LogP contribution >= 0.6 is 0 Å². The third-order valence-corrected chi connectivity index (χ3v) is 3.71. The van der Waals surface area contributed by atoms with Crippen LogP contribution in [0, 0.1) is 0 Å². The van der Waals surface area contributed by atoms with Crippen molar-refractivity contribution in [1.82, 2.24) is 10.3 Å². The minimum absolute atomic E-state index is 0.478. The van der Waals surface area contributed by atoms with Crippen LogP contribution in [0.1, 0.15) is 30.1 Å². The minimum Gasteiger partial charge on any atom is -0.313 e. The van der Waals surface area contributed by atoms with Gasteiger partial charge in [0.2, 0.25) is 0 Å². The standard InChI is InChI=1S/C16H18N2/c1-17-15-8-5-9-16-13(15)10-11-14(18-16)12-6-3-2-4-7-12/h2-4,6-7,10-11,15,17H,5,8-9H2,1H3. The van der Waals surface area contributed by atoms with Crippen molar-refractivity contribution in [3.05, 3.63) is 53.7 Å². The quantitative estimate of drug-likeness (QED) is 0.868. The molecule has 1 atom stereocenters. The molecule has 2 heteroatoms. The van der Waals surface area contributed by atoms with E-state index < -0.39 is 0 Å². The molecule has 1 heterocycles. The van der Waals surface area contributed by atoms with Crippen LogP contribution in [0.4, 0.5) is 0 Å². The third-order valence-electron chi connectivity index (χ3n) is 3.71. The molecule has 1 aliphatic carbocycles. The summed E-state index contributed by atoms with van der Waals surface area (Å²) >= 11 is 0. The van der Waals surface area contributed by atoms with Gasteiger partial charge in [0.25, 0.3) is 0 Å².